The Bertz CT molecular complexity index is 1900. The lowest BCUT2D eigenvalue weighted by Crippen LogP contribution is -2.30. The van der Waals surface area contributed by atoms with Crippen LogP contribution in [0.4, 0.5) is 10.8 Å². The number of anilines is 2. The molecule has 0 aliphatic heterocycles. The number of carbonyl (C=O) groups excluding carboxylic acids is 3. The first-order chi connectivity index (χ1) is 23.3. The van der Waals surface area contributed by atoms with E-state index in [4.69, 9.17) is 16.3 Å². The van der Waals surface area contributed by atoms with Crippen molar-refractivity contribution in [2.24, 2.45) is 0 Å². The zero-order chi connectivity index (χ0) is 33.9. The van der Waals surface area contributed by atoms with Crippen LogP contribution in [0.3, 0.4) is 0 Å². The summed E-state index contributed by atoms with van der Waals surface area (Å²) in [4.78, 5) is 45.2. The monoisotopic (exact) mass is 696 g/mol. The Balaban J connectivity index is 1.27. The van der Waals surface area contributed by atoms with Gasteiger partial charge in [0, 0.05) is 32.1 Å². The molecule has 1 aromatic heterocycles. The Labute approximate surface area is 292 Å². The molecule has 0 bridgehead atoms. The van der Waals surface area contributed by atoms with E-state index in [-0.39, 0.29) is 11.6 Å². The van der Waals surface area contributed by atoms with Gasteiger partial charge in [-0.3, -0.25) is 14.4 Å². The van der Waals surface area contributed by atoms with Crippen LogP contribution in [0.1, 0.15) is 36.2 Å². The summed E-state index contributed by atoms with van der Waals surface area (Å²) in [6, 6.07) is 30.5. The van der Waals surface area contributed by atoms with Gasteiger partial charge in [0.25, 0.3) is 11.8 Å². The van der Waals surface area contributed by atoms with Crippen LogP contribution in [0.2, 0.25) is 5.02 Å². The molecule has 0 saturated heterocycles. The number of nitrogens with zero attached hydrogens (tertiary/aromatic N) is 1. The van der Waals surface area contributed by atoms with E-state index in [1.165, 1.54) is 23.1 Å². The van der Waals surface area contributed by atoms with Crippen LogP contribution in [0.5, 0.6) is 5.75 Å². The van der Waals surface area contributed by atoms with E-state index in [2.05, 4.69) is 20.9 Å². The fourth-order valence-electron chi connectivity index (χ4n) is 4.54. The van der Waals surface area contributed by atoms with Crippen LogP contribution in [0.15, 0.2) is 119 Å². The standard InChI is InChI=1S/C37H33ClN4O4S2/c1-3-33(36(45)42-37-41-32(23-47-37)25-15-17-27(38)18-16-25)48-30-12-8-11-28(22-30)39-35(44)31(40-34(43)26-9-6-5-7-10-26)21-24-13-19-29(20-14-24)46-4-2/h5-23,33H,3-4H2,1-2H3,(H,39,44)(H,40,43)(H,41,42,45)/b31-21+. The first-order valence-corrected chi connectivity index (χ1v) is 17.4. The number of carbonyl (C=O) groups is 3. The molecule has 8 nitrogen and oxygen atoms in total. The third-order valence-electron chi connectivity index (χ3n) is 6.94. The van der Waals surface area contributed by atoms with Crippen molar-refractivity contribution in [2.45, 2.75) is 30.4 Å². The highest BCUT2D eigenvalue weighted by atomic mass is 35.5. The predicted octanol–water partition coefficient (Wildman–Crippen LogP) is 8.78. The first-order valence-electron chi connectivity index (χ1n) is 15.2. The topological polar surface area (TPSA) is 109 Å². The molecule has 3 N–H and O–H groups in total. The lowest BCUT2D eigenvalue weighted by molar-refractivity contribution is -0.116. The van der Waals surface area contributed by atoms with Crippen LogP contribution >= 0.6 is 34.7 Å². The SMILES string of the molecule is CCOc1ccc(/C=C(/NC(=O)c2ccccc2)C(=O)Nc2cccc(SC(CC)C(=O)Nc3nc(-c4ccc(Cl)cc4)cs3)c2)cc1. The average Bonchev–Trinajstić information content (AvgIpc) is 3.57. The third kappa shape index (κ3) is 9.57. The van der Waals surface area contributed by atoms with Crippen molar-refractivity contribution in [1.82, 2.24) is 10.3 Å². The lowest BCUT2D eigenvalue weighted by Gasteiger charge is -2.15. The first kappa shape index (κ1) is 34.4. The largest absolute Gasteiger partial charge is 0.494 e. The van der Waals surface area contributed by atoms with Gasteiger partial charge in [0.1, 0.15) is 11.4 Å². The zero-order valence-electron chi connectivity index (χ0n) is 26.2. The molecule has 11 heteroatoms. The van der Waals surface area contributed by atoms with Crippen molar-refractivity contribution < 1.29 is 19.1 Å². The zero-order valence-corrected chi connectivity index (χ0v) is 28.6. The number of hydrogen-bond acceptors (Lipinski definition) is 7. The second-order valence-corrected chi connectivity index (χ2v) is 13.0. The van der Waals surface area contributed by atoms with Crippen molar-refractivity contribution in [3.63, 3.8) is 0 Å². The van der Waals surface area contributed by atoms with Gasteiger partial charge < -0.3 is 20.7 Å². The smallest absolute Gasteiger partial charge is 0.272 e. The minimum absolute atomic E-state index is 0.0679. The summed E-state index contributed by atoms with van der Waals surface area (Å²) in [6.45, 7) is 4.38. The maximum Gasteiger partial charge on any atom is 0.272 e. The quantitative estimate of drug-likeness (QED) is 0.0839. The van der Waals surface area contributed by atoms with Crippen molar-refractivity contribution >= 4 is 69.3 Å². The van der Waals surface area contributed by atoms with Gasteiger partial charge in [-0.25, -0.2) is 4.98 Å². The molecule has 0 saturated carbocycles. The number of ether oxygens (including phenoxy) is 1. The Morgan fingerprint density at radius 1 is 0.917 bits per heavy atom. The maximum atomic E-state index is 13.6. The Morgan fingerprint density at radius 3 is 2.38 bits per heavy atom. The summed E-state index contributed by atoms with van der Waals surface area (Å²) in [5.74, 6) is -0.375. The summed E-state index contributed by atoms with van der Waals surface area (Å²) in [5.41, 5.74) is 3.38. The number of thiazole rings is 1. The molecule has 3 amide bonds. The molecule has 48 heavy (non-hydrogen) atoms. The average molecular weight is 697 g/mol. The van der Waals surface area contributed by atoms with Gasteiger partial charge in [0.05, 0.1) is 17.6 Å². The van der Waals surface area contributed by atoms with Crippen LogP contribution < -0.4 is 20.7 Å². The second kappa shape index (κ2) is 16.8. The molecular weight excluding hydrogens is 664 g/mol. The maximum absolute atomic E-state index is 13.6. The normalized spacial score (nSPS) is 11.8. The van der Waals surface area contributed by atoms with Crippen molar-refractivity contribution in [3.8, 4) is 17.0 Å². The molecule has 0 aliphatic carbocycles. The molecular formula is C37H33ClN4O4S2. The molecule has 4 aromatic carbocycles. The number of benzene rings is 4. The molecule has 1 atom stereocenters. The van der Waals surface area contributed by atoms with Gasteiger partial charge in [0.15, 0.2) is 5.13 Å². The number of nitrogens with one attached hydrogen (secondary N) is 3. The number of rotatable bonds is 13. The van der Waals surface area contributed by atoms with Crippen LogP contribution in [-0.4, -0.2) is 34.6 Å². The predicted molar refractivity (Wildman–Crippen MR) is 196 cm³/mol. The summed E-state index contributed by atoms with van der Waals surface area (Å²) in [5, 5.41) is 11.2. The van der Waals surface area contributed by atoms with Crippen LogP contribution in [0.25, 0.3) is 17.3 Å². The van der Waals surface area contributed by atoms with Crippen molar-refractivity contribution in [1.29, 1.82) is 0 Å². The van der Waals surface area contributed by atoms with Gasteiger partial charge >= 0.3 is 0 Å². The molecule has 5 rings (SSSR count). The molecule has 244 valence electrons. The van der Waals surface area contributed by atoms with E-state index in [0.717, 1.165) is 16.2 Å². The van der Waals surface area contributed by atoms with E-state index >= 15 is 0 Å². The minimum atomic E-state index is -0.500. The van der Waals surface area contributed by atoms with Crippen molar-refractivity contribution in [2.75, 3.05) is 17.2 Å². The molecule has 1 heterocycles. The van der Waals surface area contributed by atoms with E-state index in [1.54, 1.807) is 72.8 Å². The van der Waals surface area contributed by atoms with Crippen LogP contribution in [-0.2, 0) is 9.59 Å². The molecule has 0 fully saturated rings. The third-order valence-corrected chi connectivity index (χ3v) is 9.31. The number of halogens is 1. The fraction of sp³-hybridized carbons (Fsp3) is 0.135. The summed E-state index contributed by atoms with van der Waals surface area (Å²) in [7, 11) is 0. The molecule has 5 aromatic rings. The summed E-state index contributed by atoms with van der Waals surface area (Å²) >= 11 is 8.74. The van der Waals surface area contributed by atoms with E-state index in [0.29, 0.717) is 45.7 Å². The summed E-state index contributed by atoms with van der Waals surface area (Å²) in [6.07, 6.45) is 2.18. The number of amides is 3. The van der Waals surface area contributed by atoms with Gasteiger partial charge in [-0.1, -0.05) is 67.1 Å². The minimum Gasteiger partial charge on any atom is -0.494 e. The summed E-state index contributed by atoms with van der Waals surface area (Å²) < 4.78 is 5.52. The Kier molecular flexibility index (Phi) is 12.0. The number of thioether (sulfide) groups is 1. The fourth-order valence-corrected chi connectivity index (χ4v) is 6.40. The lowest BCUT2D eigenvalue weighted by atomic mass is 10.1. The molecule has 0 aliphatic rings. The van der Waals surface area contributed by atoms with Crippen LogP contribution in [0, 0.1) is 0 Å². The van der Waals surface area contributed by atoms with Crippen molar-refractivity contribution in [3.05, 3.63) is 130 Å². The van der Waals surface area contributed by atoms with Gasteiger partial charge in [-0.2, -0.15) is 0 Å². The second-order valence-electron chi connectivity index (χ2n) is 10.4. The van der Waals surface area contributed by atoms with Gasteiger partial charge in [-0.05, 0) is 79.6 Å². The van der Waals surface area contributed by atoms with Gasteiger partial charge in [-0.15, -0.1) is 23.1 Å². The Morgan fingerprint density at radius 2 is 1.67 bits per heavy atom. The highest BCUT2D eigenvalue weighted by Crippen LogP contribution is 2.30. The number of aromatic nitrogens is 1. The molecule has 0 spiro atoms. The van der Waals surface area contributed by atoms with E-state index in [9.17, 15) is 14.4 Å². The molecule has 0 radical (unpaired) electrons. The number of hydrogen-bond donors (Lipinski definition) is 3. The van der Waals surface area contributed by atoms with E-state index in [1.807, 2.05) is 55.6 Å². The highest BCUT2D eigenvalue weighted by molar-refractivity contribution is 8.00. The van der Waals surface area contributed by atoms with E-state index < -0.39 is 17.1 Å². The Hall–Kier alpha value is -4.90. The highest BCUT2D eigenvalue weighted by Gasteiger charge is 2.21. The molecule has 1 unspecified atom stereocenters. The van der Waals surface area contributed by atoms with Gasteiger partial charge in [0.2, 0.25) is 5.91 Å².